The Morgan fingerprint density at radius 3 is 2.40 bits per heavy atom. The first-order valence-electron chi connectivity index (χ1n) is 16.3. The lowest BCUT2D eigenvalue weighted by atomic mass is 9.97. The summed E-state index contributed by atoms with van der Waals surface area (Å²) in [5, 5.41) is 25.0. The molecule has 50 heavy (non-hydrogen) atoms. The number of carbonyl (C=O) groups excluding carboxylic acids is 2. The van der Waals surface area contributed by atoms with Crippen molar-refractivity contribution in [3.63, 3.8) is 0 Å². The second-order valence-electron chi connectivity index (χ2n) is 12.2. The van der Waals surface area contributed by atoms with Crippen LogP contribution in [-0.4, -0.2) is 52.4 Å². The molecule has 2 saturated heterocycles. The maximum atomic E-state index is 13.1. The number of pyridine rings is 1. The van der Waals surface area contributed by atoms with Crippen LogP contribution in [-0.2, 0) is 32.2 Å². The van der Waals surface area contributed by atoms with E-state index in [9.17, 15) is 33.1 Å². The first-order chi connectivity index (χ1) is 24.1. The van der Waals surface area contributed by atoms with Gasteiger partial charge in [-0.3, -0.25) is 9.59 Å². The van der Waals surface area contributed by atoms with E-state index in [0.717, 1.165) is 38.1 Å². The van der Waals surface area contributed by atoms with Crippen LogP contribution in [0.5, 0.6) is 0 Å². The molecule has 2 fully saturated rings. The number of alkyl halides is 3. The van der Waals surface area contributed by atoms with Crippen LogP contribution in [0.15, 0.2) is 102 Å². The summed E-state index contributed by atoms with van der Waals surface area (Å²) in [6.07, 6.45) is -3.77. The Morgan fingerprint density at radius 1 is 0.960 bits per heavy atom. The Bertz CT molecular complexity index is 1790. The van der Waals surface area contributed by atoms with Crippen molar-refractivity contribution in [2.24, 2.45) is 0 Å². The van der Waals surface area contributed by atoms with E-state index in [0.29, 0.717) is 28.5 Å². The predicted octanol–water partition coefficient (Wildman–Crippen LogP) is 5.99. The van der Waals surface area contributed by atoms with Gasteiger partial charge < -0.3 is 30.0 Å². The van der Waals surface area contributed by atoms with Crippen LogP contribution >= 0.6 is 11.8 Å². The molecule has 3 aromatic carbocycles. The number of rotatable bonds is 10. The molecule has 9 nitrogen and oxygen atoms in total. The fraction of sp³-hybridized carbons (Fsp3) is 0.324. The van der Waals surface area contributed by atoms with Gasteiger partial charge in [0.05, 0.1) is 18.8 Å². The van der Waals surface area contributed by atoms with Crippen LogP contribution in [0.1, 0.15) is 53.9 Å². The van der Waals surface area contributed by atoms with Crippen LogP contribution in [0.2, 0.25) is 0 Å². The second kappa shape index (κ2) is 15.6. The number of carbonyl (C=O) groups is 2. The molecular formula is C37H36F3N3O6S. The van der Waals surface area contributed by atoms with E-state index < -0.39 is 30.3 Å². The van der Waals surface area contributed by atoms with Crippen LogP contribution in [0.3, 0.4) is 0 Å². The van der Waals surface area contributed by atoms with Gasteiger partial charge in [-0.1, -0.05) is 84.6 Å². The number of nitrogens with one attached hydrogen (secondary N) is 1. The number of aliphatic hydroxyl groups excluding tert-OH is 1. The summed E-state index contributed by atoms with van der Waals surface area (Å²) in [5.41, 5.74) is 4.94. The SMILES string of the molecule is O=C(NCc1ccccc1-c1ccc([C@H]2O[C@@H](CSc3cccc[n+]3[O-])C[C@@H](c3ccc(CO)cc3)O2)cc1)[C@@H]1CCCN1C(=O)C(F)(F)F. The Labute approximate surface area is 291 Å². The lowest BCUT2D eigenvalue weighted by Crippen LogP contribution is -2.50. The van der Waals surface area contributed by atoms with Crippen molar-refractivity contribution in [3.8, 4) is 11.1 Å². The number of hydrogen-bond donors (Lipinski definition) is 2. The van der Waals surface area contributed by atoms with Crippen molar-refractivity contribution >= 4 is 23.6 Å². The average Bonchev–Trinajstić information content (AvgIpc) is 3.63. The normalized spacial score (nSPS) is 20.8. The minimum atomic E-state index is -5.04. The van der Waals surface area contributed by atoms with Crippen molar-refractivity contribution in [3.05, 3.63) is 125 Å². The summed E-state index contributed by atoms with van der Waals surface area (Å²) >= 11 is 1.41. The minimum absolute atomic E-state index is 0.0625. The number of aliphatic hydroxyl groups is 1. The highest BCUT2D eigenvalue weighted by Gasteiger charge is 2.47. The molecule has 0 radical (unpaired) electrons. The molecule has 0 saturated carbocycles. The Kier molecular flexibility index (Phi) is 11.1. The monoisotopic (exact) mass is 707 g/mol. The van der Waals surface area contributed by atoms with Crippen LogP contribution < -0.4 is 10.0 Å². The third kappa shape index (κ3) is 8.29. The van der Waals surface area contributed by atoms with E-state index >= 15 is 0 Å². The van der Waals surface area contributed by atoms with Gasteiger partial charge in [0.2, 0.25) is 5.91 Å². The van der Waals surface area contributed by atoms with E-state index in [1.165, 1.54) is 18.0 Å². The lowest BCUT2D eigenvalue weighted by Gasteiger charge is -2.36. The van der Waals surface area contributed by atoms with Crippen LogP contribution in [0.25, 0.3) is 11.1 Å². The highest BCUT2D eigenvalue weighted by atomic mass is 32.2. The number of likely N-dealkylation sites (tertiary alicyclic amines) is 1. The maximum Gasteiger partial charge on any atom is 0.471 e. The molecule has 4 aromatic rings. The average molecular weight is 708 g/mol. The Balaban J connectivity index is 1.16. The molecule has 0 spiro atoms. The predicted molar refractivity (Wildman–Crippen MR) is 179 cm³/mol. The summed E-state index contributed by atoms with van der Waals surface area (Å²) in [4.78, 5) is 25.4. The van der Waals surface area contributed by atoms with Crippen molar-refractivity contribution < 1.29 is 42.1 Å². The molecule has 2 amide bonds. The molecule has 4 atom stereocenters. The first kappa shape index (κ1) is 35.4. The van der Waals surface area contributed by atoms with Crippen molar-refractivity contribution in [2.45, 2.75) is 68.2 Å². The topological polar surface area (TPSA) is 115 Å². The van der Waals surface area contributed by atoms with Crippen LogP contribution in [0.4, 0.5) is 13.2 Å². The Morgan fingerprint density at radius 2 is 1.68 bits per heavy atom. The largest absolute Gasteiger partial charge is 0.618 e. The molecule has 3 heterocycles. The number of aromatic nitrogens is 1. The van der Waals surface area contributed by atoms with E-state index in [1.807, 2.05) is 78.9 Å². The number of ether oxygens (including phenoxy) is 2. The van der Waals surface area contributed by atoms with Gasteiger partial charge >= 0.3 is 12.1 Å². The van der Waals surface area contributed by atoms with Crippen molar-refractivity contribution in [2.75, 3.05) is 12.3 Å². The molecular weight excluding hydrogens is 671 g/mol. The molecule has 2 aliphatic rings. The third-order valence-electron chi connectivity index (χ3n) is 8.84. The van der Waals surface area contributed by atoms with Crippen LogP contribution in [0, 0.1) is 5.21 Å². The van der Waals surface area contributed by atoms with Gasteiger partial charge in [-0.2, -0.15) is 17.9 Å². The molecule has 0 bridgehead atoms. The summed E-state index contributed by atoms with van der Waals surface area (Å²) < 4.78 is 52.9. The minimum Gasteiger partial charge on any atom is -0.618 e. The molecule has 262 valence electrons. The van der Waals surface area contributed by atoms with E-state index in [-0.39, 0.29) is 38.3 Å². The van der Waals surface area contributed by atoms with E-state index in [2.05, 4.69) is 5.32 Å². The molecule has 0 aliphatic carbocycles. The van der Waals surface area contributed by atoms with Gasteiger partial charge in [0.15, 0.2) is 12.5 Å². The van der Waals surface area contributed by atoms with Crippen molar-refractivity contribution in [1.82, 2.24) is 10.2 Å². The van der Waals surface area contributed by atoms with Gasteiger partial charge in [-0.25, -0.2) is 0 Å². The lowest BCUT2D eigenvalue weighted by molar-refractivity contribution is -0.645. The van der Waals surface area contributed by atoms with E-state index in [4.69, 9.17) is 9.47 Å². The summed E-state index contributed by atoms with van der Waals surface area (Å²) in [6, 6.07) is 26.7. The highest BCUT2D eigenvalue weighted by Crippen LogP contribution is 2.40. The number of thioether (sulfide) groups is 1. The van der Waals surface area contributed by atoms with Crippen molar-refractivity contribution in [1.29, 1.82) is 0 Å². The zero-order valence-electron chi connectivity index (χ0n) is 26.9. The number of nitrogens with zero attached hydrogens (tertiary/aromatic N) is 2. The number of amides is 2. The number of halogens is 3. The van der Waals surface area contributed by atoms with Gasteiger partial charge in [0.25, 0.3) is 5.03 Å². The molecule has 0 unspecified atom stereocenters. The summed E-state index contributed by atoms with van der Waals surface area (Å²) in [7, 11) is 0. The first-order valence-corrected chi connectivity index (χ1v) is 17.2. The zero-order chi connectivity index (χ0) is 35.3. The fourth-order valence-corrected chi connectivity index (χ4v) is 7.18. The zero-order valence-corrected chi connectivity index (χ0v) is 27.7. The maximum absolute atomic E-state index is 13.1. The summed E-state index contributed by atoms with van der Waals surface area (Å²) in [5.74, 6) is -2.09. The van der Waals surface area contributed by atoms with Gasteiger partial charge in [0.1, 0.15) is 6.04 Å². The Hall–Kier alpha value is -4.43. The molecule has 6 rings (SSSR count). The molecule has 2 N–H and O–H groups in total. The van der Waals surface area contributed by atoms with Gasteiger partial charge in [-0.05, 0) is 46.7 Å². The summed E-state index contributed by atoms with van der Waals surface area (Å²) in [6.45, 7) is -0.110. The third-order valence-corrected chi connectivity index (χ3v) is 9.99. The second-order valence-corrected chi connectivity index (χ2v) is 13.2. The fourth-order valence-electron chi connectivity index (χ4n) is 6.25. The standard InChI is InChI=1S/C37H36F3N3O6S/c38-37(39,40)36(46)42-18-5-8-31(42)34(45)41-21-28-6-1-2-7-30(28)25-14-16-27(17-15-25)35-48-29(23-50-33-9-3-4-19-43(33)47)20-32(49-35)26-12-10-24(22-44)11-13-26/h1-4,6-7,9-17,19,29,31-32,35,44H,5,8,18,20-23H2,(H,41,45)/t29-,31+,32+,35+/m1/s1. The van der Waals surface area contributed by atoms with Gasteiger partial charge in [-0.15, -0.1) is 0 Å². The van der Waals surface area contributed by atoms with Gasteiger partial charge in [0, 0.05) is 43.0 Å². The number of hydrogen-bond acceptors (Lipinski definition) is 7. The molecule has 2 aliphatic heterocycles. The number of benzene rings is 3. The van der Waals surface area contributed by atoms with E-state index in [1.54, 1.807) is 12.1 Å². The smallest absolute Gasteiger partial charge is 0.471 e. The molecule has 1 aromatic heterocycles. The highest BCUT2D eigenvalue weighted by molar-refractivity contribution is 7.99. The quantitative estimate of drug-likeness (QED) is 0.118. The molecule has 13 heteroatoms.